The summed E-state index contributed by atoms with van der Waals surface area (Å²) < 4.78 is 47.8. The van der Waals surface area contributed by atoms with Crippen LogP contribution < -0.4 is 10.1 Å². The number of alkyl halides is 2. The molecule has 0 radical (unpaired) electrons. The van der Waals surface area contributed by atoms with Crippen molar-refractivity contribution in [2.45, 2.75) is 5.92 Å². The van der Waals surface area contributed by atoms with E-state index >= 15 is 0 Å². The molecule has 0 saturated carbocycles. The Morgan fingerprint density at radius 3 is 2.74 bits per heavy atom. The number of carbonyl (C=O) groups excluding carboxylic acids is 1. The summed E-state index contributed by atoms with van der Waals surface area (Å²) >= 11 is 0. The fourth-order valence-electron chi connectivity index (χ4n) is 2.35. The summed E-state index contributed by atoms with van der Waals surface area (Å²) in [6.07, 6.45) is 1.31. The van der Waals surface area contributed by atoms with Gasteiger partial charge in [-0.05, 0) is 24.3 Å². The molecule has 3 rings (SSSR count). The van der Waals surface area contributed by atoms with E-state index in [-0.39, 0.29) is 5.69 Å². The zero-order valence-corrected chi connectivity index (χ0v) is 14.2. The predicted molar refractivity (Wildman–Crippen MR) is 90.5 cm³/mol. The highest BCUT2D eigenvalue weighted by atomic mass is 19.3. The molecule has 6 nitrogen and oxygen atoms in total. The van der Waals surface area contributed by atoms with Crippen LogP contribution in [-0.4, -0.2) is 34.6 Å². The molecule has 0 fully saturated rings. The van der Waals surface area contributed by atoms with E-state index in [2.05, 4.69) is 15.6 Å². The van der Waals surface area contributed by atoms with E-state index in [1.54, 1.807) is 24.3 Å². The summed E-state index contributed by atoms with van der Waals surface area (Å²) in [5.74, 6) is -4.44. The molecule has 1 N–H and O–H groups in total. The summed E-state index contributed by atoms with van der Waals surface area (Å²) in [5, 5.41) is 9.59. The fraction of sp³-hybridized carbons (Fsp3) is 0.167. The van der Waals surface area contributed by atoms with Crippen LogP contribution >= 0.6 is 0 Å². The lowest BCUT2D eigenvalue weighted by Gasteiger charge is -2.17. The second-order valence-corrected chi connectivity index (χ2v) is 5.65. The molecule has 1 heterocycles. The number of hydrogen-bond acceptors (Lipinski definition) is 4. The smallest absolute Gasteiger partial charge is 0.290 e. The molecule has 1 amide bonds. The van der Waals surface area contributed by atoms with Gasteiger partial charge in [0.25, 0.3) is 11.8 Å². The number of nitrogens with zero attached hydrogens (tertiary/aromatic N) is 3. The van der Waals surface area contributed by atoms with Gasteiger partial charge in [0.1, 0.15) is 11.6 Å². The third-order valence-electron chi connectivity index (χ3n) is 3.76. The molecule has 0 saturated heterocycles. The molecular formula is C18H15F3N4O2. The van der Waals surface area contributed by atoms with Crippen molar-refractivity contribution in [1.29, 1.82) is 0 Å². The topological polar surface area (TPSA) is 69.0 Å². The number of aromatic nitrogens is 3. The number of carbonyl (C=O) groups is 1. The first kappa shape index (κ1) is 18.4. The molecule has 0 aliphatic rings. The van der Waals surface area contributed by atoms with E-state index < -0.39 is 29.8 Å². The third-order valence-corrected chi connectivity index (χ3v) is 3.76. The van der Waals surface area contributed by atoms with Gasteiger partial charge in [0.2, 0.25) is 0 Å². The third kappa shape index (κ3) is 4.25. The number of halogens is 3. The summed E-state index contributed by atoms with van der Waals surface area (Å²) in [7, 11) is 1.51. The second kappa shape index (κ2) is 7.48. The van der Waals surface area contributed by atoms with Gasteiger partial charge in [-0.3, -0.25) is 4.79 Å². The Morgan fingerprint density at radius 1 is 1.22 bits per heavy atom. The van der Waals surface area contributed by atoms with Gasteiger partial charge in [0, 0.05) is 11.6 Å². The summed E-state index contributed by atoms with van der Waals surface area (Å²) in [4.78, 5) is 12.1. The number of nitrogens with one attached hydrogen (secondary N) is 1. The van der Waals surface area contributed by atoms with Crippen LogP contribution in [-0.2, 0) is 5.92 Å². The predicted octanol–water partition coefficient (Wildman–Crippen LogP) is 2.94. The molecule has 0 aliphatic carbocycles. The molecule has 0 unspecified atom stereocenters. The van der Waals surface area contributed by atoms with Crippen molar-refractivity contribution >= 4 is 5.91 Å². The van der Waals surface area contributed by atoms with E-state index in [4.69, 9.17) is 4.74 Å². The number of benzene rings is 2. The van der Waals surface area contributed by atoms with Crippen LogP contribution in [0.2, 0.25) is 0 Å². The molecule has 0 aliphatic heterocycles. The number of ether oxygens (including phenoxy) is 1. The van der Waals surface area contributed by atoms with Gasteiger partial charge in [-0.2, -0.15) is 8.78 Å². The highest BCUT2D eigenvalue weighted by Crippen LogP contribution is 2.27. The zero-order chi connectivity index (χ0) is 19.4. The number of methoxy groups -OCH3 is 1. The Bertz CT molecular complexity index is 959. The Morgan fingerprint density at radius 2 is 2.00 bits per heavy atom. The lowest BCUT2D eigenvalue weighted by molar-refractivity contribution is -0.00279. The Hall–Kier alpha value is -3.36. The molecule has 2 aromatic carbocycles. The monoisotopic (exact) mass is 376 g/mol. The molecule has 1 aromatic heterocycles. The zero-order valence-electron chi connectivity index (χ0n) is 14.2. The molecule has 0 atom stereocenters. The quantitative estimate of drug-likeness (QED) is 0.718. The van der Waals surface area contributed by atoms with Gasteiger partial charge < -0.3 is 10.1 Å². The normalized spacial score (nSPS) is 11.3. The first-order chi connectivity index (χ1) is 12.9. The van der Waals surface area contributed by atoms with Gasteiger partial charge in [-0.25, -0.2) is 9.07 Å². The SMILES string of the molecule is COc1cccc(-n2cc(C(=O)NCC(F)(F)c3cccc(F)c3)nn2)c1. The standard InChI is InChI=1S/C18H15F3N4O2/c1-27-15-7-3-6-14(9-15)25-10-16(23-24-25)17(26)22-11-18(20,21)12-4-2-5-13(19)8-12/h2-10H,11H2,1H3,(H,22,26). The molecule has 3 aromatic rings. The fourth-order valence-corrected chi connectivity index (χ4v) is 2.35. The second-order valence-electron chi connectivity index (χ2n) is 5.65. The van der Waals surface area contributed by atoms with Gasteiger partial charge in [0.05, 0.1) is 25.5 Å². The molecule has 9 heteroatoms. The Balaban J connectivity index is 1.69. The van der Waals surface area contributed by atoms with E-state index in [0.29, 0.717) is 11.4 Å². The van der Waals surface area contributed by atoms with Gasteiger partial charge in [-0.1, -0.05) is 23.4 Å². The van der Waals surface area contributed by atoms with Crippen molar-refractivity contribution in [3.8, 4) is 11.4 Å². The van der Waals surface area contributed by atoms with Crippen molar-refractivity contribution in [1.82, 2.24) is 20.3 Å². The van der Waals surface area contributed by atoms with Crippen LogP contribution in [0.1, 0.15) is 16.1 Å². The van der Waals surface area contributed by atoms with Crippen LogP contribution in [0.5, 0.6) is 5.75 Å². The van der Waals surface area contributed by atoms with Crippen LogP contribution in [0.25, 0.3) is 5.69 Å². The van der Waals surface area contributed by atoms with E-state index in [1.807, 2.05) is 0 Å². The van der Waals surface area contributed by atoms with Crippen molar-refractivity contribution in [3.63, 3.8) is 0 Å². The van der Waals surface area contributed by atoms with Gasteiger partial charge in [-0.15, -0.1) is 5.10 Å². The number of amides is 1. The largest absolute Gasteiger partial charge is 0.497 e. The minimum Gasteiger partial charge on any atom is -0.497 e. The Kier molecular flexibility index (Phi) is 5.11. The van der Waals surface area contributed by atoms with Crippen LogP contribution in [0, 0.1) is 5.82 Å². The molecule has 0 bridgehead atoms. The van der Waals surface area contributed by atoms with Crippen LogP contribution in [0.15, 0.2) is 54.7 Å². The minimum atomic E-state index is -3.43. The lowest BCUT2D eigenvalue weighted by Crippen LogP contribution is -2.35. The van der Waals surface area contributed by atoms with Crippen molar-refractivity contribution in [2.24, 2.45) is 0 Å². The average molecular weight is 376 g/mol. The van der Waals surface area contributed by atoms with Gasteiger partial charge >= 0.3 is 0 Å². The maximum absolute atomic E-state index is 14.1. The molecule has 140 valence electrons. The molecule has 27 heavy (non-hydrogen) atoms. The highest BCUT2D eigenvalue weighted by molar-refractivity contribution is 5.91. The average Bonchev–Trinajstić information content (AvgIpc) is 3.16. The summed E-state index contributed by atoms with van der Waals surface area (Å²) in [6.45, 7) is -0.999. The van der Waals surface area contributed by atoms with Gasteiger partial charge in [0.15, 0.2) is 5.69 Å². The van der Waals surface area contributed by atoms with Crippen LogP contribution in [0.4, 0.5) is 13.2 Å². The molecular weight excluding hydrogens is 361 g/mol. The Labute approximate surface area is 152 Å². The summed E-state index contributed by atoms with van der Waals surface area (Å²) in [6, 6.07) is 10.9. The lowest BCUT2D eigenvalue weighted by atomic mass is 10.1. The van der Waals surface area contributed by atoms with E-state index in [1.165, 1.54) is 24.1 Å². The van der Waals surface area contributed by atoms with Crippen molar-refractivity contribution < 1.29 is 22.7 Å². The van der Waals surface area contributed by atoms with Crippen molar-refractivity contribution in [2.75, 3.05) is 13.7 Å². The highest BCUT2D eigenvalue weighted by Gasteiger charge is 2.32. The van der Waals surface area contributed by atoms with Crippen LogP contribution in [0.3, 0.4) is 0 Å². The van der Waals surface area contributed by atoms with Crippen molar-refractivity contribution in [3.05, 3.63) is 71.8 Å². The maximum Gasteiger partial charge on any atom is 0.290 e. The first-order valence-electron chi connectivity index (χ1n) is 7.88. The molecule has 0 spiro atoms. The minimum absolute atomic E-state index is 0.132. The summed E-state index contributed by atoms with van der Waals surface area (Å²) in [5.41, 5.74) is -0.0679. The first-order valence-corrected chi connectivity index (χ1v) is 7.88. The number of rotatable bonds is 6. The maximum atomic E-state index is 14.1. The van der Waals surface area contributed by atoms with E-state index in [0.717, 1.165) is 18.2 Å². The number of hydrogen-bond donors (Lipinski definition) is 1. The van der Waals surface area contributed by atoms with E-state index in [9.17, 15) is 18.0 Å².